The largest absolute Gasteiger partial charge is 0.497 e. The van der Waals surface area contributed by atoms with Gasteiger partial charge in [-0.25, -0.2) is 4.79 Å². The van der Waals surface area contributed by atoms with Crippen molar-refractivity contribution >= 4 is 46.5 Å². The van der Waals surface area contributed by atoms with Crippen LogP contribution < -0.4 is 15.0 Å². The molecule has 4 rings (SSSR count). The topological polar surface area (TPSA) is 94.7 Å². The van der Waals surface area contributed by atoms with E-state index in [4.69, 9.17) is 21.7 Å². The minimum absolute atomic E-state index is 0.0504. The second-order valence-corrected chi connectivity index (χ2v) is 9.92. The summed E-state index contributed by atoms with van der Waals surface area (Å²) in [6.45, 7) is 7.11. The third-order valence-electron chi connectivity index (χ3n) is 6.96. The molecule has 2 heterocycles. The number of nitrogens with zero attached hydrogens (tertiary/aromatic N) is 4. The van der Waals surface area contributed by atoms with Crippen LogP contribution >= 0.6 is 12.2 Å². The predicted octanol–water partition coefficient (Wildman–Crippen LogP) is 2.45. The van der Waals surface area contributed by atoms with Gasteiger partial charge in [0.15, 0.2) is 5.11 Å². The van der Waals surface area contributed by atoms with Crippen molar-refractivity contribution in [3.63, 3.8) is 0 Å². The van der Waals surface area contributed by atoms with Gasteiger partial charge in [-0.1, -0.05) is 0 Å². The fourth-order valence-electron chi connectivity index (χ4n) is 4.67. The number of hydrogen-bond acceptors (Lipinski definition) is 8. The fraction of sp³-hybridized carbons (Fsp3) is 0.429. The Morgan fingerprint density at radius 2 is 1.67 bits per heavy atom. The smallest absolute Gasteiger partial charge is 0.338 e. The van der Waals surface area contributed by atoms with E-state index in [1.165, 1.54) is 4.90 Å². The van der Waals surface area contributed by atoms with Crippen molar-refractivity contribution in [1.82, 2.24) is 14.7 Å². The van der Waals surface area contributed by atoms with E-state index < -0.39 is 12.0 Å². The maximum atomic E-state index is 13.7. The highest BCUT2D eigenvalue weighted by Crippen LogP contribution is 2.28. The summed E-state index contributed by atoms with van der Waals surface area (Å²) in [6, 6.07) is 12.9. The Kier molecular flexibility index (Phi) is 9.50. The van der Waals surface area contributed by atoms with Crippen molar-refractivity contribution in [3.05, 3.63) is 54.1 Å². The van der Waals surface area contributed by atoms with Crippen LogP contribution in [-0.2, 0) is 14.3 Å². The molecule has 0 aliphatic carbocycles. The number of hydrogen-bond donors (Lipinski definition) is 1. The highest BCUT2D eigenvalue weighted by Gasteiger charge is 2.44. The molecule has 2 fully saturated rings. The molecule has 1 unspecified atom stereocenters. The number of rotatable bonds is 10. The molecular weight excluding hydrogens is 518 g/mol. The molecule has 11 heteroatoms. The summed E-state index contributed by atoms with van der Waals surface area (Å²) < 4.78 is 10.2. The number of carbonyl (C=O) groups is 3. The number of piperazine rings is 1. The minimum atomic E-state index is -0.743. The second-order valence-electron chi connectivity index (χ2n) is 9.56. The molecule has 2 aliphatic rings. The van der Waals surface area contributed by atoms with Gasteiger partial charge in [-0.05, 0) is 74.7 Å². The Hall–Kier alpha value is -3.54. The normalized spacial score (nSPS) is 18.4. The predicted molar refractivity (Wildman–Crippen MR) is 153 cm³/mol. The Balaban J connectivity index is 1.51. The Bertz CT molecular complexity index is 1180. The van der Waals surface area contributed by atoms with Gasteiger partial charge >= 0.3 is 5.97 Å². The van der Waals surface area contributed by atoms with Crippen LogP contribution in [0, 0.1) is 0 Å². The number of methoxy groups -OCH3 is 1. The summed E-state index contributed by atoms with van der Waals surface area (Å²) in [5.41, 5.74) is 1.55. The molecule has 0 radical (unpaired) electrons. The van der Waals surface area contributed by atoms with Crippen molar-refractivity contribution < 1.29 is 23.9 Å². The van der Waals surface area contributed by atoms with Crippen molar-refractivity contribution in [2.45, 2.75) is 19.4 Å². The number of nitrogens with one attached hydrogen (secondary N) is 1. The van der Waals surface area contributed by atoms with Gasteiger partial charge in [-0.2, -0.15) is 0 Å². The van der Waals surface area contributed by atoms with E-state index in [0.29, 0.717) is 34.3 Å². The zero-order valence-corrected chi connectivity index (χ0v) is 23.4. The van der Waals surface area contributed by atoms with Crippen molar-refractivity contribution in [2.75, 3.05) is 70.2 Å². The van der Waals surface area contributed by atoms with E-state index in [1.807, 2.05) is 4.90 Å². The first-order chi connectivity index (χ1) is 18.8. The van der Waals surface area contributed by atoms with E-state index in [-0.39, 0.29) is 24.8 Å². The molecular formula is C28H35N5O5S. The van der Waals surface area contributed by atoms with Crippen molar-refractivity contribution in [2.24, 2.45) is 0 Å². The fourth-order valence-corrected chi connectivity index (χ4v) is 5.08. The van der Waals surface area contributed by atoms with E-state index in [2.05, 4.69) is 22.2 Å². The summed E-state index contributed by atoms with van der Waals surface area (Å²) in [6.07, 6.45) is -0.0504. The standard InChI is InChI=1S/C28H35N5O5S/c1-4-38-27(36)20-5-9-22(10-6-20)33-26(35)24(19-25(34)29-21-7-11-23(37-3)12-8-21)32(28(33)39)18-17-31-15-13-30(2)14-16-31/h5-12,24H,4,13-19H2,1-3H3,(H,29,34). The molecule has 2 aromatic carbocycles. The molecule has 39 heavy (non-hydrogen) atoms. The third-order valence-corrected chi connectivity index (χ3v) is 7.38. The molecule has 208 valence electrons. The number of thiocarbonyl (C=S) groups is 1. The third kappa shape index (κ3) is 6.92. The zero-order valence-electron chi connectivity index (χ0n) is 22.6. The number of esters is 1. The van der Waals surface area contributed by atoms with Crippen LogP contribution in [-0.4, -0.2) is 104 Å². The van der Waals surface area contributed by atoms with Gasteiger partial charge in [0.2, 0.25) is 5.91 Å². The monoisotopic (exact) mass is 553 g/mol. The Labute approximate surface area is 234 Å². The molecule has 10 nitrogen and oxygen atoms in total. The summed E-state index contributed by atoms with van der Waals surface area (Å²) >= 11 is 5.79. The second kappa shape index (κ2) is 13.0. The van der Waals surface area contributed by atoms with Crippen molar-refractivity contribution in [3.8, 4) is 5.75 Å². The summed E-state index contributed by atoms with van der Waals surface area (Å²) in [4.78, 5) is 46.8. The van der Waals surface area contributed by atoms with Crippen LogP contribution in [0.1, 0.15) is 23.7 Å². The summed E-state index contributed by atoms with van der Waals surface area (Å²) in [7, 11) is 3.68. The van der Waals surface area contributed by atoms with Crippen LogP contribution in [0.2, 0.25) is 0 Å². The molecule has 0 saturated carbocycles. The first-order valence-electron chi connectivity index (χ1n) is 13.1. The van der Waals surface area contributed by atoms with Gasteiger partial charge < -0.3 is 24.6 Å². The van der Waals surface area contributed by atoms with E-state index >= 15 is 0 Å². The molecule has 0 spiro atoms. The summed E-state index contributed by atoms with van der Waals surface area (Å²) in [5.74, 6) is -0.303. The summed E-state index contributed by atoms with van der Waals surface area (Å²) in [5, 5.41) is 3.22. The van der Waals surface area contributed by atoms with Crippen LogP contribution in [0.4, 0.5) is 11.4 Å². The lowest BCUT2D eigenvalue weighted by atomic mass is 10.1. The van der Waals surface area contributed by atoms with Gasteiger partial charge in [-0.15, -0.1) is 0 Å². The number of ether oxygens (including phenoxy) is 2. The molecule has 2 aromatic rings. The maximum Gasteiger partial charge on any atom is 0.338 e. The van der Waals surface area contributed by atoms with Gasteiger partial charge in [0.05, 0.1) is 31.4 Å². The lowest BCUT2D eigenvalue weighted by molar-refractivity contribution is -0.124. The Morgan fingerprint density at radius 1 is 1.00 bits per heavy atom. The highest BCUT2D eigenvalue weighted by atomic mass is 32.1. The molecule has 1 N–H and O–H groups in total. The molecule has 2 amide bonds. The number of anilines is 2. The number of carbonyl (C=O) groups excluding carboxylic acids is 3. The van der Waals surface area contributed by atoms with Crippen LogP contribution in [0.3, 0.4) is 0 Å². The quantitative estimate of drug-likeness (QED) is 0.352. The average Bonchev–Trinajstić information content (AvgIpc) is 3.17. The average molecular weight is 554 g/mol. The minimum Gasteiger partial charge on any atom is -0.497 e. The van der Waals surface area contributed by atoms with Crippen LogP contribution in [0.25, 0.3) is 0 Å². The van der Waals surface area contributed by atoms with Gasteiger partial charge in [-0.3, -0.25) is 19.4 Å². The van der Waals surface area contributed by atoms with Crippen molar-refractivity contribution in [1.29, 1.82) is 0 Å². The van der Waals surface area contributed by atoms with Crippen LogP contribution in [0.15, 0.2) is 48.5 Å². The molecule has 2 aliphatic heterocycles. The number of amides is 2. The molecule has 0 aromatic heterocycles. The Morgan fingerprint density at radius 3 is 2.28 bits per heavy atom. The lowest BCUT2D eigenvalue weighted by Crippen LogP contribution is -2.48. The maximum absolute atomic E-state index is 13.7. The highest BCUT2D eigenvalue weighted by molar-refractivity contribution is 7.80. The van der Waals surface area contributed by atoms with E-state index in [1.54, 1.807) is 62.6 Å². The number of benzene rings is 2. The van der Waals surface area contributed by atoms with E-state index in [9.17, 15) is 14.4 Å². The first kappa shape index (κ1) is 28.5. The molecule has 1 atom stereocenters. The number of likely N-dealkylation sites (N-methyl/N-ethyl adjacent to an activating group) is 1. The zero-order chi connectivity index (χ0) is 27.9. The van der Waals surface area contributed by atoms with Gasteiger partial charge in [0, 0.05) is 45.0 Å². The SMILES string of the molecule is CCOC(=O)c1ccc(N2C(=O)C(CC(=O)Nc3ccc(OC)cc3)N(CCN3CCN(C)CC3)C2=S)cc1. The van der Waals surface area contributed by atoms with E-state index in [0.717, 1.165) is 32.7 Å². The first-order valence-corrected chi connectivity index (χ1v) is 13.5. The van der Waals surface area contributed by atoms with Gasteiger partial charge in [0.25, 0.3) is 5.91 Å². The van der Waals surface area contributed by atoms with Crippen LogP contribution in [0.5, 0.6) is 5.75 Å². The molecule has 2 saturated heterocycles. The van der Waals surface area contributed by atoms with Gasteiger partial charge in [0.1, 0.15) is 11.8 Å². The molecule has 0 bridgehead atoms. The lowest BCUT2D eigenvalue weighted by Gasteiger charge is -2.34.